The summed E-state index contributed by atoms with van der Waals surface area (Å²) in [4.78, 5) is 47.5. The molecule has 1 atom stereocenters. The third-order valence-corrected chi connectivity index (χ3v) is 9.56. The summed E-state index contributed by atoms with van der Waals surface area (Å²) >= 11 is 0. The second kappa shape index (κ2) is 14.3. The first-order valence-electron chi connectivity index (χ1n) is 16.7. The Morgan fingerprint density at radius 2 is 1.43 bits per heavy atom. The van der Waals surface area contributed by atoms with Crippen molar-refractivity contribution in [1.82, 2.24) is 34.6 Å². The summed E-state index contributed by atoms with van der Waals surface area (Å²) in [5, 5.41) is 6.44. The molecule has 0 spiro atoms. The molecule has 3 amide bonds. The highest BCUT2D eigenvalue weighted by Crippen LogP contribution is 2.29. The maximum atomic E-state index is 13.2. The van der Waals surface area contributed by atoms with Crippen molar-refractivity contribution in [1.29, 1.82) is 0 Å². The van der Waals surface area contributed by atoms with Gasteiger partial charge in [-0.25, -0.2) is 9.97 Å². The first-order valence-corrected chi connectivity index (χ1v) is 16.7. The van der Waals surface area contributed by atoms with Crippen LogP contribution in [0, 0.1) is 5.92 Å². The number of aromatic nitrogens is 4. The number of hydrogen-bond acceptors (Lipinski definition) is 6. The van der Waals surface area contributed by atoms with Crippen LogP contribution >= 0.6 is 0 Å². The van der Waals surface area contributed by atoms with Crippen LogP contribution < -0.4 is 16.4 Å². The van der Waals surface area contributed by atoms with Crippen molar-refractivity contribution in [3.8, 4) is 22.8 Å². The van der Waals surface area contributed by atoms with E-state index in [1.807, 2.05) is 60.7 Å². The van der Waals surface area contributed by atoms with Crippen molar-refractivity contribution in [2.75, 3.05) is 13.1 Å². The van der Waals surface area contributed by atoms with Gasteiger partial charge in [0.25, 0.3) is 11.8 Å². The fraction of sp³-hybridized carbons (Fsp3) is 0.417. The van der Waals surface area contributed by atoms with Gasteiger partial charge in [0.05, 0.1) is 17.9 Å². The number of carbonyl (C=O) groups is 3. The number of hydrogen-bond donors (Lipinski definition) is 3. The lowest BCUT2D eigenvalue weighted by Crippen LogP contribution is -2.41. The Labute approximate surface area is 275 Å². The SMILES string of the molecule is CC(=O)N1CCn2c(-c3ccccc3)nc(C(=O)N[C@H](C)C3CCCCC3)c2C1.NC(=O)c1nc(-c2ccccc2)n2c1CNCC2. The van der Waals surface area contributed by atoms with Crippen molar-refractivity contribution in [3.63, 3.8) is 0 Å². The molecule has 47 heavy (non-hydrogen) atoms. The van der Waals surface area contributed by atoms with Gasteiger partial charge >= 0.3 is 0 Å². The van der Waals surface area contributed by atoms with Gasteiger partial charge in [-0.2, -0.15) is 0 Å². The zero-order valence-corrected chi connectivity index (χ0v) is 27.2. The van der Waals surface area contributed by atoms with Crippen LogP contribution in [-0.4, -0.2) is 60.9 Å². The molecule has 11 heteroatoms. The smallest absolute Gasteiger partial charge is 0.272 e. The largest absolute Gasteiger partial charge is 0.364 e. The standard InChI is InChI=1S/C23H30N4O2.C13H14N4O/c1-16(18-9-5-3-6-10-18)24-23(29)21-20-15-26(17(2)28)13-14-27(20)22(25-21)19-11-7-4-8-12-19;14-12(18)11-10-8-15-6-7-17(10)13(16-11)9-4-2-1-3-5-9/h4,7-8,11-12,16,18H,3,5-6,9-10,13-15H2,1-2H3,(H,24,29);1-5,15H,6-8H2,(H2,14,18)/t16-;/m1./s1. The molecule has 0 bridgehead atoms. The van der Waals surface area contributed by atoms with E-state index in [0.717, 1.165) is 47.3 Å². The molecule has 0 radical (unpaired) electrons. The van der Waals surface area contributed by atoms with Gasteiger partial charge in [-0.05, 0) is 25.7 Å². The number of carbonyl (C=O) groups excluding carboxylic acids is 3. The molecule has 1 aliphatic carbocycles. The minimum absolute atomic E-state index is 0.0284. The Balaban J connectivity index is 0.000000183. The first kappa shape index (κ1) is 32.2. The van der Waals surface area contributed by atoms with Gasteiger partial charge in [-0.15, -0.1) is 0 Å². The molecule has 246 valence electrons. The van der Waals surface area contributed by atoms with Gasteiger partial charge in [0.1, 0.15) is 11.6 Å². The number of nitrogens with two attached hydrogens (primary N) is 1. The first-order chi connectivity index (χ1) is 22.8. The third-order valence-electron chi connectivity index (χ3n) is 9.56. The lowest BCUT2D eigenvalue weighted by molar-refractivity contribution is -0.130. The second-order valence-corrected chi connectivity index (χ2v) is 12.6. The predicted molar refractivity (Wildman–Crippen MR) is 180 cm³/mol. The molecule has 1 fully saturated rings. The summed E-state index contributed by atoms with van der Waals surface area (Å²) in [6.07, 6.45) is 6.15. The van der Waals surface area contributed by atoms with Gasteiger partial charge < -0.3 is 30.4 Å². The number of benzene rings is 2. The van der Waals surface area contributed by atoms with Gasteiger partial charge in [0.2, 0.25) is 5.91 Å². The van der Waals surface area contributed by atoms with Gasteiger partial charge in [0.15, 0.2) is 11.4 Å². The van der Waals surface area contributed by atoms with Crippen LogP contribution in [0.5, 0.6) is 0 Å². The fourth-order valence-electron chi connectivity index (χ4n) is 6.96. The van der Waals surface area contributed by atoms with Crippen LogP contribution in [0.15, 0.2) is 60.7 Å². The Morgan fingerprint density at radius 1 is 0.830 bits per heavy atom. The van der Waals surface area contributed by atoms with Gasteiger partial charge in [0, 0.05) is 56.8 Å². The van der Waals surface area contributed by atoms with Crippen molar-refractivity contribution in [2.45, 2.75) is 78.2 Å². The van der Waals surface area contributed by atoms with E-state index in [1.54, 1.807) is 11.8 Å². The van der Waals surface area contributed by atoms with Crippen LogP contribution in [0.3, 0.4) is 0 Å². The number of primary amides is 1. The van der Waals surface area contributed by atoms with Crippen LogP contribution in [0.4, 0.5) is 0 Å². The number of nitrogens with zero attached hydrogens (tertiary/aromatic N) is 5. The number of imidazole rings is 2. The molecule has 0 unspecified atom stereocenters. The zero-order valence-electron chi connectivity index (χ0n) is 27.2. The van der Waals surface area contributed by atoms with E-state index in [0.29, 0.717) is 43.5 Å². The van der Waals surface area contributed by atoms with E-state index < -0.39 is 5.91 Å². The monoisotopic (exact) mass is 636 g/mol. The molecule has 3 aliphatic rings. The van der Waals surface area contributed by atoms with E-state index in [2.05, 4.69) is 31.7 Å². The third kappa shape index (κ3) is 7.00. The summed E-state index contributed by atoms with van der Waals surface area (Å²) in [5.74, 6) is 1.60. The Bertz CT molecular complexity index is 1720. The predicted octanol–water partition coefficient (Wildman–Crippen LogP) is 4.36. The molecule has 2 aliphatic heterocycles. The highest BCUT2D eigenvalue weighted by atomic mass is 16.2. The van der Waals surface area contributed by atoms with E-state index >= 15 is 0 Å². The average Bonchev–Trinajstić information content (AvgIpc) is 3.69. The number of amides is 3. The molecule has 2 aromatic carbocycles. The van der Waals surface area contributed by atoms with Crippen molar-refractivity contribution in [3.05, 3.63) is 83.4 Å². The number of nitrogens with one attached hydrogen (secondary N) is 2. The lowest BCUT2D eigenvalue weighted by Gasteiger charge is -2.29. The van der Waals surface area contributed by atoms with Crippen LogP contribution in [-0.2, 0) is 31.0 Å². The summed E-state index contributed by atoms with van der Waals surface area (Å²) in [6.45, 7) is 7.72. The van der Waals surface area contributed by atoms with E-state index in [-0.39, 0.29) is 17.9 Å². The molecule has 1 saturated carbocycles. The maximum Gasteiger partial charge on any atom is 0.272 e. The Kier molecular flexibility index (Phi) is 9.81. The molecule has 11 nitrogen and oxygen atoms in total. The Morgan fingerprint density at radius 3 is 2.02 bits per heavy atom. The highest BCUT2D eigenvalue weighted by molar-refractivity contribution is 5.95. The molecule has 2 aromatic heterocycles. The van der Waals surface area contributed by atoms with Crippen molar-refractivity contribution < 1.29 is 14.4 Å². The van der Waals surface area contributed by atoms with Gasteiger partial charge in [-0.3, -0.25) is 14.4 Å². The topological polar surface area (TPSA) is 140 Å². The van der Waals surface area contributed by atoms with Crippen molar-refractivity contribution >= 4 is 17.7 Å². The highest BCUT2D eigenvalue weighted by Gasteiger charge is 2.31. The van der Waals surface area contributed by atoms with E-state index in [1.165, 1.54) is 32.1 Å². The minimum atomic E-state index is -0.468. The molecular weight excluding hydrogens is 592 g/mol. The number of rotatable bonds is 6. The lowest BCUT2D eigenvalue weighted by atomic mass is 9.84. The van der Waals surface area contributed by atoms with Gasteiger partial charge in [-0.1, -0.05) is 79.9 Å². The molecule has 7 rings (SSSR count). The quantitative estimate of drug-likeness (QED) is 0.287. The fourth-order valence-corrected chi connectivity index (χ4v) is 6.96. The summed E-state index contributed by atoms with van der Waals surface area (Å²) in [5.41, 5.74) is 9.93. The van der Waals surface area contributed by atoms with E-state index in [9.17, 15) is 14.4 Å². The van der Waals surface area contributed by atoms with E-state index in [4.69, 9.17) is 10.7 Å². The van der Waals surface area contributed by atoms with Crippen LogP contribution in [0.25, 0.3) is 22.8 Å². The second-order valence-electron chi connectivity index (χ2n) is 12.6. The normalized spacial score (nSPS) is 16.7. The molecule has 4 N–H and O–H groups in total. The average molecular weight is 637 g/mol. The maximum absolute atomic E-state index is 13.2. The molecule has 4 aromatic rings. The zero-order chi connectivity index (χ0) is 32.9. The summed E-state index contributed by atoms with van der Waals surface area (Å²) < 4.78 is 4.18. The molecule has 0 saturated heterocycles. The summed E-state index contributed by atoms with van der Waals surface area (Å²) in [6, 6.07) is 19.9. The number of fused-ring (bicyclic) bond motifs is 2. The minimum Gasteiger partial charge on any atom is -0.364 e. The molecule has 4 heterocycles. The van der Waals surface area contributed by atoms with Crippen LogP contribution in [0.1, 0.15) is 78.3 Å². The van der Waals surface area contributed by atoms with Crippen LogP contribution in [0.2, 0.25) is 0 Å². The summed E-state index contributed by atoms with van der Waals surface area (Å²) in [7, 11) is 0. The van der Waals surface area contributed by atoms with Crippen molar-refractivity contribution in [2.24, 2.45) is 11.7 Å². The Hall–Kier alpha value is -4.77. The molecular formula is C36H44N8O3.